The van der Waals surface area contributed by atoms with E-state index in [0.717, 1.165) is 59.3 Å². The van der Waals surface area contributed by atoms with Crippen molar-refractivity contribution in [2.24, 2.45) is 0 Å². The van der Waals surface area contributed by atoms with Crippen molar-refractivity contribution in [2.75, 3.05) is 98.9 Å². The Morgan fingerprint density at radius 1 is 0.675 bits per heavy atom. The highest BCUT2D eigenvalue weighted by Crippen LogP contribution is 2.00. The second-order valence-corrected chi connectivity index (χ2v) is 8.56. The van der Waals surface area contributed by atoms with Crippen LogP contribution in [0.5, 0.6) is 0 Å². The van der Waals surface area contributed by atoms with Crippen molar-refractivity contribution < 1.29 is 48.3 Å². The number of aliphatic hydroxyl groups is 2. The summed E-state index contributed by atoms with van der Waals surface area (Å²) in [5.74, 6) is -2.14. The standard InChI is InChI=1S/C24H48N6O10/c1-19(32)40-21(15-31)18-38-23(35)4-3-22(34)37-16-20(33)17-39-24(36)30-14-13-29-12-11-28-10-9-27-8-7-26-6-5-25-2/h20-21,25-29,31,33H,3-18H2,1-2H3,(H,30,36). The van der Waals surface area contributed by atoms with E-state index in [1.807, 2.05) is 7.05 Å². The van der Waals surface area contributed by atoms with Crippen LogP contribution in [0.1, 0.15) is 19.8 Å². The average molecular weight is 581 g/mol. The van der Waals surface area contributed by atoms with E-state index in [1.165, 1.54) is 0 Å². The van der Waals surface area contributed by atoms with E-state index in [2.05, 4.69) is 31.9 Å². The lowest BCUT2D eigenvalue weighted by atomic mass is 10.3. The molecule has 2 unspecified atom stereocenters. The van der Waals surface area contributed by atoms with Crippen LogP contribution in [0.4, 0.5) is 4.79 Å². The van der Waals surface area contributed by atoms with Crippen molar-refractivity contribution in [3.8, 4) is 0 Å². The highest BCUT2D eigenvalue weighted by molar-refractivity contribution is 5.77. The number of carbonyl (C=O) groups excluding carboxylic acids is 4. The van der Waals surface area contributed by atoms with Gasteiger partial charge in [0.2, 0.25) is 0 Å². The van der Waals surface area contributed by atoms with E-state index in [9.17, 15) is 24.3 Å². The van der Waals surface area contributed by atoms with Gasteiger partial charge in [-0.05, 0) is 7.05 Å². The van der Waals surface area contributed by atoms with E-state index < -0.39 is 49.4 Å². The van der Waals surface area contributed by atoms with Crippen molar-refractivity contribution >= 4 is 24.0 Å². The Labute approximate surface area is 235 Å². The summed E-state index contributed by atoms with van der Waals surface area (Å²) >= 11 is 0. The van der Waals surface area contributed by atoms with Crippen LogP contribution in [0.15, 0.2) is 0 Å². The Kier molecular flexibility index (Phi) is 24.9. The zero-order valence-corrected chi connectivity index (χ0v) is 23.6. The van der Waals surface area contributed by atoms with Crippen LogP contribution in [-0.4, -0.2) is 145 Å². The van der Waals surface area contributed by atoms with Gasteiger partial charge >= 0.3 is 24.0 Å². The molecule has 8 N–H and O–H groups in total. The minimum Gasteiger partial charge on any atom is -0.463 e. The normalized spacial score (nSPS) is 12.3. The fraction of sp³-hybridized carbons (Fsp3) is 0.833. The Hall–Kier alpha value is -2.60. The third kappa shape index (κ3) is 25.7. The number of hydrogen-bond donors (Lipinski definition) is 8. The van der Waals surface area contributed by atoms with Gasteiger partial charge in [-0.25, -0.2) is 4.79 Å². The first-order valence-electron chi connectivity index (χ1n) is 13.4. The van der Waals surface area contributed by atoms with E-state index >= 15 is 0 Å². The van der Waals surface area contributed by atoms with Gasteiger partial charge < -0.3 is 61.1 Å². The molecule has 0 bridgehead atoms. The molecule has 0 aliphatic heterocycles. The molecule has 40 heavy (non-hydrogen) atoms. The quantitative estimate of drug-likeness (QED) is 0.0282. The van der Waals surface area contributed by atoms with Gasteiger partial charge in [-0.15, -0.1) is 0 Å². The van der Waals surface area contributed by atoms with Gasteiger partial charge in [0.05, 0.1) is 19.4 Å². The van der Waals surface area contributed by atoms with Crippen LogP contribution in [-0.2, 0) is 33.3 Å². The minimum atomic E-state index is -1.23. The number of carbonyl (C=O) groups is 4. The average Bonchev–Trinajstić information content (AvgIpc) is 2.93. The first-order chi connectivity index (χ1) is 19.3. The van der Waals surface area contributed by atoms with Crippen LogP contribution in [0, 0.1) is 0 Å². The smallest absolute Gasteiger partial charge is 0.407 e. The number of alkyl carbamates (subject to hydrolysis) is 1. The van der Waals surface area contributed by atoms with E-state index in [0.29, 0.717) is 13.1 Å². The van der Waals surface area contributed by atoms with Gasteiger partial charge in [0.15, 0.2) is 6.10 Å². The number of hydrogen-bond acceptors (Lipinski definition) is 15. The summed E-state index contributed by atoms with van der Waals surface area (Å²) in [4.78, 5) is 45.9. The van der Waals surface area contributed by atoms with Gasteiger partial charge in [0.1, 0.15) is 25.9 Å². The second kappa shape index (κ2) is 26.6. The van der Waals surface area contributed by atoms with Crippen LogP contribution in [0.2, 0.25) is 0 Å². The number of nitrogens with one attached hydrogen (secondary N) is 6. The van der Waals surface area contributed by atoms with Crippen molar-refractivity contribution in [1.82, 2.24) is 31.9 Å². The molecule has 234 valence electrons. The molecule has 0 aromatic heterocycles. The molecule has 0 saturated carbocycles. The molecule has 1 amide bonds. The summed E-state index contributed by atoms with van der Waals surface area (Å²) in [6, 6.07) is 0. The monoisotopic (exact) mass is 580 g/mol. The first kappa shape index (κ1) is 37.4. The molecule has 0 aliphatic rings. The van der Waals surface area contributed by atoms with Gasteiger partial charge in [0, 0.05) is 72.4 Å². The molecule has 16 heteroatoms. The molecular formula is C24H48N6O10. The molecule has 0 aromatic carbocycles. The Bertz CT molecular complexity index is 689. The molecule has 0 aromatic rings. The third-order valence-electron chi connectivity index (χ3n) is 4.90. The maximum Gasteiger partial charge on any atom is 0.407 e. The summed E-state index contributed by atoms with van der Waals surface area (Å²) in [5.41, 5.74) is 0. The highest BCUT2D eigenvalue weighted by Gasteiger charge is 2.16. The summed E-state index contributed by atoms with van der Waals surface area (Å²) < 4.78 is 19.2. The number of amides is 1. The van der Waals surface area contributed by atoms with Crippen molar-refractivity contribution in [2.45, 2.75) is 32.0 Å². The lowest BCUT2D eigenvalue weighted by Gasteiger charge is -2.14. The van der Waals surface area contributed by atoms with Gasteiger partial charge in [-0.3, -0.25) is 14.4 Å². The van der Waals surface area contributed by atoms with Crippen LogP contribution < -0.4 is 31.9 Å². The molecule has 2 atom stereocenters. The third-order valence-corrected chi connectivity index (χ3v) is 4.90. The SMILES string of the molecule is CNCCNCCNCCNCCNCCNC(=O)OCC(O)COC(=O)CCC(=O)OCC(CO)OC(C)=O. The van der Waals surface area contributed by atoms with Crippen molar-refractivity contribution in [1.29, 1.82) is 0 Å². The number of likely N-dealkylation sites (N-methyl/N-ethyl adjacent to an activating group) is 1. The molecule has 0 spiro atoms. The summed E-state index contributed by atoms with van der Waals surface area (Å²) in [6.45, 7) is 7.40. The number of rotatable bonds is 26. The molecule has 16 nitrogen and oxygen atoms in total. The predicted octanol–water partition coefficient (Wildman–Crippen LogP) is -3.56. The maximum atomic E-state index is 11.7. The topological polar surface area (TPSA) is 218 Å². The lowest BCUT2D eigenvalue weighted by molar-refractivity contribution is -0.160. The molecule has 0 aliphatic carbocycles. The Morgan fingerprint density at radius 3 is 1.60 bits per heavy atom. The Balaban J connectivity index is 3.60. The molecule has 0 heterocycles. The molecule has 0 fully saturated rings. The Morgan fingerprint density at radius 2 is 1.12 bits per heavy atom. The van der Waals surface area contributed by atoms with Crippen LogP contribution in [0.3, 0.4) is 0 Å². The predicted molar refractivity (Wildman–Crippen MR) is 145 cm³/mol. The van der Waals surface area contributed by atoms with E-state index in [-0.39, 0.29) is 26.1 Å². The fourth-order valence-electron chi connectivity index (χ4n) is 2.85. The zero-order chi connectivity index (χ0) is 29.8. The molecule has 0 radical (unpaired) electrons. The van der Waals surface area contributed by atoms with Crippen molar-refractivity contribution in [3.05, 3.63) is 0 Å². The van der Waals surface area contributed by atoms with Gasteiger partial charge in [-0.2, -0.15) is 0 Å². The van der Waals surface area contributed by atoms with Gasteiger partial charge in [-0.1, -0.05) is 0 Å². The number of aliphatic hydroxyl groups excluding tert-OH is 2. The summed E-state index contributed by atoms with van der Waals surface area (Å²) in [5, 5.41) is 37.6. The zero-order valence-electron chi connectivity index (χ0n) is 23.6. The summed E-state index contributed by atoms with van der Waals surface area (Å²) in [7, 11) is 1.93. The highest BCUT2D eigenvalue weighted by atomic mass is 16.6. The van der Waals surface area contributed by atoms with E-state index in [4.69, 9.17) is 24.1 Å². The molecule has 0 saturated heterocycles. The van der Waals surface area contributed by atoms with Crippen molar-refractivity contribution in [3.63, 3.8) is 0 Å². The minimum absolute atomic E-state index is 0.303. The molecule has 0 rings (SSSR count). The molecular weight excluding hydrogens is 532 g/mol. The lowest BCUT2D eigenvalue weighted by Crippen LogP contribution is -2.38. The largest absolute Gasteiger partial charge is 0.463 e. The number of esters is 3. The first-order valence-corrected chi connectivity index (χ1v) is 13.4. The van der Waals surface area contributed by atoms with E-state index in [1.54, 1.807) is 0 Å². The van der Waals surface area contributed by atoms with Gasteiger partial charge in [0.25, 0.3) is 0 Å². The van der Waals surface area contributed by atoms with Crippen LogP contribution in [0.25, 0.3) is 0 Å². The summed E-state index contributed by atoms with van der Waals surface area (Å²) in [6.07, 6.45) is -3.54. The van der Waals surface area contributed by atoms with Crippen LogP contribution >= 0.6 is 0 Å². The maximum absolute atomic E-state index is 11.7. The fourth-order valence-corrected chi connectivity index (χ4v) is 2.85. The number of ether oxygens (including phenoxy) is 4. The second-order valence-electron chi connectivity index (χ2n) is 8.56.